The lowest BCUT2D eigenvalue weighted by Gasteiger charge is -2.58. The lowest BCUT2D eigenvalue weighted by atomic mass is 9.46. The van der Waals surface area contributed by atoms with Gasteiger partial charge < -0.3 is 10.4 Å². The van der Waals surface area contributed by atoms with Crippen LogP contribution in [-0.4, -0.2) is 21.8 Å². The van der Waals surface area contributed by atoms with Crippen molar-refractivity contribution < 1.29 is 10.4 Å². The predicted molar refractivity (Wildman–Crippen MR) is 99.3 cm³/mol. The van der Waals surface area contributed by atoms with Gasteiger partial charge in [-0.2, -0.15) is 0 Å². The molecule has 0 unspecified atom stereocenters. The van der Waals surface area contributed by atoms with E-state index in [4.69, 9.17) is 0 Å². The van der Waals surface area contributed by atoms with Gasteiger partial charge in [-0.15, -0.1) is 0 Å². The molecule has 4 nitrogen and oxygen atoms in total. The molecule has 4 aliphatic carbocycles. The van der Waals surface area contributed by atoms with Crippen molar-refractivity contribution >= 4 is 11.4 Å². The van der Waals surface area contributed by atoms with Gasteiger partial charge in [-0.1, -0.05) is 29.7 Å². The lowest BCUT2D eigenvalue weighted by Crippen LogP contribution is -2.51. The zero-order chi connectivity index (χ0) is 17.8. The van der Waals surface area contributed by atoms with Crippen LogP contribution in [0.15, 0.2) is 22.0 Å². The number of oxime groups is 2. The Morgan fingerprint density at radius 1 is 1.04 bits per heavy atom. The van der Waals surface area contributed by atoms with Crippen molar-refractivity contribution in [2.45, 2.75) is 72.1 Å². The first-order valence-electron chi connectivity index (χ1n) is 10.0. The third kappa shape index (κ3) is 2.32. The Morgan fingerprint density at radius 3 is 2.56 bits per heavy atom. The van der Waals surface area contributed by atoms with Crippen molar-refractivity contribution in [3.63, 3.8) is 0 Å². The van der Waals surface area contributed by atoms with Crippen molar-refractivity contribution in [1.29, 1.82) is 0 Å². The van der Waals surface area contributed by atoms with E-state index in [2.05, 4.69) is 30.2 Å². The normalized spacial score (nSPS) is 48.5. The highest BCUT2D eigenvalue weighted by molar-refractivity contribution is 5.96. The topological polar surface area (TPSA) is 65.2 Å². The molecule has 0 heterocycles. The van der Waals surface area contributed by atoms with E-state index in [1.165, 1.54) is 37.7 Å². The summed E-state index contributed by atoms with van der Waals surface area (Å²) >= 11 is 0. The van der Waals surface area contributed by atoms with Crippen molar-refractivity contribution in [3.8, 4) is 0 Å². The van der Waals surface area contributed by atoms with E-state index < -0.39 is 0 Å². The zero-order valence-corrected chi connectivity index (χ0v) is 15.8. The van der Waals surface area contributed by atoms with Crippen LogP contribution in [0.25, 0.3) is 0 Å². The Labute approximate surface area is 151 Å². The SMILES string of the molecule is C/C(=N\O)[C@H]1CC[C@H]2[C@@H]3CCC4=C/C(=N/O)CC[C@]4(C)[C@H]3CC[C@]12C. The molecule has 2 N–H and O–H groups in total. The van der Waals surface area contributed by atoms with Gasteiger partial charge in [-0.25, -0.2) is 0 Å². The van der Waals surface area contributed by atoms with E-state index >= 15 is 0 Å². The summed E-state index contributed by atoms with van der Waals surface area (Å²) in [6.07, 6.45) is 11.6. The van der Waals surface area contributed by atoms with Gasteiger partial charge in [0.2, 0.25) is 0 Å². The fraction of sp³-hybridized carbons (Fsp3) is 0.810. The van der Waals surface area contributed by atoms with Crippen LogP contribution in [0, 0.1) is 34.5 Å². The monoisotopic (exact) mass is 344 g/mol. The molecule has 25 heavy (non-hydrogen) atoms. The van der Waals surface area contributed by atoms with Crippen LogP contribution in [-0.2, 0) is 0 Å². The molecule has 0 aromatic rings. The Kier molecular flexibility index (Phi) is 4.01. The Balaban J connectivity index is 1.65. The molecule has 0 aromatic carbocycles. The van der Waals surface area contributed by atoms with Gasteiger partial charge in [0.25, 0.3) is 0 Å². The van der Waals surface area contributed by atoms with Crippen LogP contribution in [0.4, 0.5) is 0 Å². The fourth-order valence-electron chi connectivity index (χ4n) is 7.41. The highest BCUT2D eigenvalue weighted by atomic mass is 16.4. The molecule has 0 bridgehead atoms. The van der Waals surface area contributed by atoms with Gasteiger partial charge in [0.15, 0.2) is 0 Å². The minimum atomic E-state index is 0.288. The molecule has 3 fully saturated rings. The van der Waals surface area contributed by atoms with E-state index in [-0.39, 0.29) is 5.41 Å². The van der Waals surface area contributed by atoms with Gasteiger partial charge in [-0.05, 0) is 93.0 Å². The summed E-state index contributed by atoms with van der Waals surface area (Å²) in [4.78, 5) is 0. The number of hydrogen-bond acceptors (Lipinski definition) is 4. The average Bonchev–Trinajstić information content (AvgIpc) is 2.97. The van der Waals surface area contributed by atoms with Crippen LogP contribution < -0.4 is 0 Å². The first-order chi connectivity index (χ1) is 11.9. The maximum Gasteiger partial charge on any atom is 0.0795 e. The maximum absolute atomic E-state index is 9.32. The summed E-state index contributed by atoms with van der Waals surface area (Å²) in [5.74, 6) is 2.77. The summed E-state index contributed by atoms with van der Waals surface area (Å²) in [5.41, 5.74) is 3.92. The van der Waals surface area contributed by atoms with E-state index in [1.54, 1.807) is 0 Å². The van der Waals surface area contributed by atoms with Crippen molar-refractivity contribution in [1.82, 2.24) is 0 Å². The van der Waals surface area contributed by atoms with Crippen LogP contribution in [0.1, 0.15) is 72.1 Å². The second kappa shape index (κ2) is 5.85. The summed E-state index contributed by atoms with van der Waals surface area (Å²) in [7, 11) is 0. The molecular formula is C21H32N2O2. The van der Waals surface area contributed by atoms with E-state index in [1.807, 2.05) is 6.92 Å². The Hall–Kier alpha value is -1.32. The molecule has 4 rings (SSSR count). The highest BCUT2D eigenvalue weighted by Gasteiger charge is 2.59. The zero-order valence-electron chi connectivity index (χ0n) is 15.8. The number of allylic oxidation sites excluding steroid dienone is 2. The molecule has 0 radical (unpaired) electrons. The third-order valence-corrected chi connectivity index (χ3v) is 8.77. The molecular weight excluding hydrogens is 312 g/mol. The lowest BCUT2D eigenvalue weighted by molar-refractivity contribution is -0.0410. The molecule has 4 aliphatic rings. The maximum atomic E-state index is 9.32. The smallest absolute Gasteiger partial charge is 0.0795 e. The average molecular weight is 344 g/mol. The minimum absolute atomic E-state index is 0.288. The van der Waals surface area contributed by atoms with E-state index in [0.29, 0.717) is 11.3 Å². The Morgan fingerprint density at radius 2 is 1.84 bits per heavy atom. The summed E-state index contributed by atoms with van der Waals surface area (Å²) < 4.78 is 0. The summed E-state index contributed by atoms with van der Waals surface area (Å²) in [6.45, 7) is 6.94. The van der Waals surface area contributed by atoms with Gasteiger partial charge in [-0.3, -0.25) is 0 Å². The molecule has 0 aromatic heterocycles. The first-order valence-corrected chi connectivity index (χ1v) is 10.0. The van der Waals surface area contributed by atoms with Gasteiger partial charge in [0, 0.05) is 5.92 Å². The van der Waals surface area contributed by atoms with Crippen LogP contribution in [0.2, 0.25) is 0 Å². The standard InChI is InChI=1S/C21H32N2O2/c1-13(22-24)17-6-7-18-16-5-4-14-12-15(23-25)8-10-20(14,2)19(16)9-11-21(17,18)3/h12,16-19,24-25H,4-11H2,1-3H3/b22-13+,23-15+/t16-,17+,18-,19-,20-,21+/m0/s1. The number of rotatable bonds is 1. The van der Waals surface area contributed by atoms with Crippen molar-refractivity contribution in [3.05, 3.63) is 11.6 Å². The fourth-order valence-corrected chi connectivity index (χ4v) is 7.41. The molecule has 0 amide bonds. The molecule has 0 aliphatic heterocycles. The van der Waals surface area contributed by atoms with Gasteiger partial charge in [0.05, 0.1) is 11.4 Å². The number of nitrogens with zero attached hydrogens (tertiary/aromatic N) is 2. The second-order valence-electron chi connectivity index (χ2n) is 9.51. The minimum Gasteiger partial charge on any atom is -0.411 e. The molecule has 6 atom stereocenters. The summed E-state index contributed by atoms with van der Waals surface area (Å²) in [5, 5.41) is 25.6. The quantitative estimate of drug-likeness (QED) is 0.388. The molecule has 0 spiro atoms. The Bertz CT molecular complexity index is 652. The second-order valence-corrected chi connectivity index (χ2v) is 9.51. The third-order valence-electron chi connectivity index (χ3n) is 8.77. The first kappa shape index (κ1) is 17.1. The molecule has 0 saturated heterocycles. The largest absolute Gasteiger partial charge is 0.411 e. The van der Waals surface area contributed by atoms with Crippen LogP contribution >= 0.6 is 0 Å². The van der Waals surface area contributed by atoms with Crippen molar-refractivity contribution in [2.75, 3.05) is 0 Å². The van der Waals surface area contributed by atoms with Crippen LogP contribution in [0.5, 0.6) is 0 Å². The van der Waals surface area contributed by atoms with Gasteiger partial charge >= 0.3 is 0 Å². The predicted octanol–water partition coefficient (Wildman–Crippen LogP) is 5.25. The van der Waals surface area contributed by atoms with E-state index in [0.717, 1.165) is 48.4 Å². The molecule has 3 saturated carbocycles. The van der Waals surface area contributed by atoms with Crippen LogP contribution in [0.3, 0.4) is 0 Å². The molecule has 4 heteroatoms. The highest BCUT2D eigenvalue weighted by Crippen LogP contribution is 2.66. The number of fused-ring (bicyclic) bond motifs is 5. The summed E-state index contributed by atoms with van der Waals surface area (Å²) in [6, 6.07) is 0. The van der Waals surface area contributed by atoms with E-state index in [9.17, 15) is 10.4 Å². The number of hydrogen-bond donors (Lipinski definition) is 2. The van der Waals surface area contributed by atoms with Crippen molar-refractivity contribution in [2.24, 2.45) is 44.8 Å². The molecule has 138 valence electrons. The van der Waals surface area contributed by atoms with Gasteiger partial charge in [0.1, 0.15) is 0 Å².